The van der Waals surface area contributed by atoms with Crippen LogP contribution in [0.15, 0.2) is 54.7 Å². The van der Waals surface area contributed by atoms with Crippen molar-refractivity contribution in [3.8, 4) is 0 Å². The maximum Gasteiger partial charge on any atom is 0.278 e. The molecule has 1 aromatic heterocycles. The summed E-state index contributed by atoms with van der Waals surface area (Å²) in [5.74, 6) is 0. The smallest absolute Gasteiger partial charge is 0.278 e. The number of halogens is 1. The highest BCUT2D eigenvalue weighted by molar-refractivity contribution is 6.30. The maximum atomic E-state index is 11.0. The number of nitro groups is 1. The van der Waals surface area contributed by atoms with E-state index >= 15 is 0 Å². The van der Waals surface area contributed by atoms with Crippen LogP contribution < -0.4 is 0 Å². The molecule has 0 atom stereocenters. The molecule has 0 radical (unpaired) electrons. The average molecular weight is 287 g/mol. The standard InChI is InChI=1S/C15H11ClN2O2/c16-12-4-1-3-11(9-12)10-17-8-7-13-14(17)5-2-6-15(13)18(19)20/h1-9H,10H2. The molecule has 1 heterocycles. The van der Waals surface area contributed by atoms with E-state index in [0.717, 1.165) is 11.1 Å². The van der Waals surface area contributed by atoms with Crippen molar-refractivity contribution in [1.29, 1.82) is 0 Å². The Kier molecular flexibility index (Phi) is 3.16. The topological polar surface area (TPSA) is 48.1 Å². The first-order chi connectivity index (χ1) is 9.65. The largest absolute Gasteiger partial charge is 0.343 e. The number of nitro benzene ring substituents is 1. The Morgan fingerprint density at radius 1 is 1.15 bits per heavy atom. The van der Waals surface area contributed by atoms with E-state index in [2.05, 4.69) is 0 Å². The lowest BCUT2D eigenvalue weighted by Crippen LogP contribution is -1.98. The Morgan fingerprint density at radius 2 is 1.95 bits per heavy atom. The number of fused-ring (bicyclic) bond motifs is 1. The Bertz CT molecular complexity index is 795. The summed E-state index contributed by atoms with van der Waals surface area (Å²) in [6.07, 6.45) is 1.86. The van der Waals surface area contributed by atoms with Crippen LogP contribution in [0.4, 0.5) is 5.69 Å². The Labute approximate surface area is 120 Å². The summed E-state index contributed by atoms with van der Waals surface area (Å²) in [5.41, 5.74) is 2.04. The van der Waals surface area contributed by atoms with Gasteiger partial charge in [0.05, 0.1) is 15.8 Å². The number of non-ortho nitro benzene ring substituents is 1. The minimum atomic E-state index is -0.355. The molecule has 3 aromatic rings. The number of hydrogen-bond acceptors (Lipinski definition) is 2. The molecule has 0 unspecified atom stereocenters. The molecule has 0 aliphatic heterocycles. The summed E-state index contributed by atoms with van der Waals surface area (Å²) in [6.45, 7) is 0.630. The van der Waals surface area contributed by atoms with Gasteiger partial charge in [-0.15, -0.1) is 0 Å². The Balaban J connectivity index is 2.05. The third-order valence-corrected chi connectivity index (χ3v) is 3.46. The summed E-state index contributed by atoms with van der Waals surface area (Å²) in [7, 11) is 0. The van der Waals surface area contributed by atoms with Crippen LogP contribution in [-0.4, -0.2) is 9.49 Å². The first kappa shape index (κ1) is 12.7. The molecule has 0 saturated heterocycles. The third-order valence-electron chi connectivity index (χ3n) is 3.23. The van der Waals surface area contributed by atoms with Crippen molar-refractivity contribution >= 4 is 28.2 Å². The van der Waals surface area contributed by atoms with E-state index in [1.807, 2.05) is 41.1 Å². The van der Waals surface area contributed by atoms with Crippen LogP contribution in [0.2, 0.25) is 5.02 Å². The van der Waals surface area contributed by atoms with Gasteiger partial charge in [0.1, 0.15) is 0 Å². The van der Waals surface area contributed by atoms with Crippen molar-refractivity contribution in [1.82, 2.24) is 4.57 Å². The molecular weight excluding hydrogens is 276 g/mol. The molecule has 0 N–H and O–H groups in total. The molecule has 4 nitrogen and oxygen atoms in total. The quantitative estimate of drug-likeness (QED) is 0.534. The summed E-state index contributed by atoms with van der Waals surface area (Å²) >= 11 is 5.97. The molecular formula is C15H11ClN2O2. The summed E-state index contributed by atoms with van der Waals surface area (Å²) in [4.78, 5) is 10.7. The van der Waals surface area contributed by atoms with Gasteiger partial charge in [-0.3, -0.25) is 10.1 Å². The van der Waals surface area contributed by atoms with E-state index in [9.17, 15) is 10.1 Å². The van der Waals surface area contributed by atoms with E-state index in [1.54, 1.807) is 12.1 Å². The zero-order chi connectivity index (χ0) is 14.1. The second-order valence-corrected chi connectivity index (χ2v) is 4.98. The van der Waals surface area contributed by atoms with Crippen LogP contribution in [-0.2, 0) is 6.54 Å². The molecule has 0 spiro atoms. The fourth-order valence-electron chi connectivity index (χ4n) is 2.34. The van der Waals surface area contributed by atoms with Crippen LogP contribution >= 0.6 is 11.6 Å². The van der Waals surface area contributed by atoms with Crippen molar-refractivity contribution in [2.45, 2.75) is 6.54 Å². The van der Waals surface area contributed by atoms with Crippen LogP contribution in [0.5, 0.6) is 0 Å². The lowest BCUT2D eigenvalue weighted by Gasteiger charge is -2.06. The fourth-order valence-corrected chi connectivity index (χ4v) is 2.55. The minimum Gasteiger partial charge on any atom is -0.343 e. The van der Waals surface area contributed by atoms with Gasteiger partial charge in [-0.1, -0.05) is 29.8 Å². The van der Waals surface area contributed by atoms with Crippen molar-refractivity contribution in [3.05, 3.63) is 75.4 Å². The SMILES string of the molecule is O=[N+]([O-])c1cccc2c1ccn2Cc1cccc(Cl)c1. The molecule has 0 amide bonds. The molecule has 0 bridgehead atoms. The van der Waals surface area contributed by atoms with E-state index in [-0.39, 0.29) is 10.6 Å². The highest BCUT2D eigenvalue weighted by Crippen LogP contribution is 2.27. The van der Waals surface area contributed by atoms with Crippen molar-refractivity contribution in [2.24, 2.45) is 0 Å². The highest BCUT2D eigenvalue weighted by atomic mass is 35.5. The highest BCUT2D eigenvalue weighted by Gasteiger charge is 2.13. The second-order valence-electron chi connectivity index (χ2n) is 4.54. The Hall–Kier alpha value is -2.33. The summed E-state index contributed by atoms with van der Waals surface area (Å²) in [5, 5.41) is 12.3. The van der Waals surface area contributed by atoms with Gasteiger partial charge in [-0.25, -0.2) is 0 Å². The number of rotatable bonds is 3. The van der Waals surface area contributed by atoms with Crippen molar-refractivity contribution in [2.75, 3.05) is 0 Å². The van der Waals surface area contributed by atoms with Crippen LogP contribution in [0, 0.1) is 10.1 Å². The molecule has 0 aliphatic rings. The number of hydrogen-bond donors (Lipinski definition) is 0. The second kappa shape index (κ2) is 4.98. The first-order valence-corrected chi connectivity index (χ1v) is 6.49. The molecule has 0 fully saturated rings. The fraction of sp³-hybridized carbons (Fsp3) is 0.0667. The van der Waals surface area contributed by atoms with E-state index in [4.69, 9.17) is 11.6 Å². The molecule has 0 aliphatic carbocycles. The third kappa shape index (κ3) is 2.26. The number of aromatic nitrogens is 1. The van der Waals surface area contributed by atoms with Gasteiger partial charge in [0.25, 0.3) is 5.69 Å². The number of benzene rings is 2. The Morgan fingerprint density at radius 3 is 2.70 bits per heavy atom. The van der Waals surface area contributed by atoms with Crippen LogP contribution in [0.25, 0.3) is 10.9 Å². The molecule has 20 heavy (non-hydrogen) atoms. The monoisotopic (exact) mass is 286 g/mol. The van der Waals surface area contributed by atoms with Crippen molar-refractivity contribution in [3.63, 3.8) is 0 Å². The zero-order valence-electron chi connectivity index (χ0n) is 10.5. The summed E-state index contributed by atoms with van der Waals surface area (Å²) in [6, 6.07) is 14.5. The maximum absolute atomic E-state index is 11.0. The first-order valence-electron chi connectivity index (χ1n) is 6.12. The zero-order valence-corrected chi connectivity index (χ0v) is 11.2. The predicted molar refractivity (Wildman–Crippen MR) is 79.1 cm³/mol. The number of nitrogens with zero attached hydrogens (tertiary/aromatic N) is 2. The van der Waals surface area contributed by atoms with Crippen LogP contribution in [0.3, 0.4) is 0 Å². The molecule has 2 aromatic carbocycles. The van der Waals surface area contributed by atoms with Gasteiger partial charge in [0.2, 0.25) is 0 Å². The van der Waals surface area contributed by atoms with Gasteiger partial charge < -0.3 is 4.57 Å². The lowest BCUT2D eigenvalue weighted by atomic mass is 10.2. The van der Waals surface area contributed by atoms with Gasteiger partial charge in [-0.2, -0.15) is 0 Å². The van der Waals surface area contributed by atoms with Crippen molar-refractivity contribution < 1.29 is 4.92 Å². The summed E-state index contributed by atoms with van der Waals surface area (Å²) < 4.78 is 1.98. The van der Waals surface area contributed by atoms with E-state index in [1.165, 1.54) is 6.07 Å². The van der Waals surface area contributed by atoms with Gasteiger partial charge in [0.15, 0.2) is 0 Å². The average Bonchev–Trinajstić information content (AvgIpc) is 2.82. The van der Waals surface area contributed by atoms with Crippen LogP contribution in [0.1, 0.15) is 5.56 Å². The molecule has 3 rings (SSSR count). The molecule has 0 saturated carbocycles. The predicted octanol–water partition coefficient (Wildman–Crippen LogP) is 4.25. The van der Waals surface area contributed by atoms with E-state index < -0.39 is 0 Å². The molecule has 100 valence electrons. The lowest BCUT2D eigenvalue weighted by molar-refractivity contribution is -0.383. The molecule has 5 heteroatoms. The van der Waals surface area contributed by atoms with Gasteiger partial charge >= 0.3 is 0 Å². The van der Waals surface area contributed by atoms with E-state index in [0.29, 0.717) is 17.0 Å². The van der Waals surface area contributed by atoms with Gasteiger partial charge in [-0.05, 0) is 29.8 Å². The minimum absolute atomic E-state index is 0.132. The normalized spacial score (nSPS) is 10.8. The van der Waals surface area contributed by atoms with Gasteiger partial charge in [0, 0.05) is 23.8 Å².